The van der Waals surface area contributed by atoms with Gasteiger partial charge in [-0.05, 0) is 28.8 Å². The molecule has 2 aliphatic heterocycles. The van der Waals surface area contributed by atoms with Gasteiger partial charge in [0, 0.05) is 35.8 Å². The van der Waals surface area contributed by atoms with Crippen LogP contribution in [0.25, 0.3) is 0 Å². The van der Waals surface area contributed by atoms with E-state index in [9.17, 15) is 0 Å². The number of anilines is 1. The molecule has 1 spiro atoms. The van der Waals surface area contributed by atoms with Crippen LogP contribution in [0.3, 0.4) is 0 Å². The molecule has 1 N–H and O–H groups in total. The lowest BCUT2D eigenvalue weighted by atomic mass is 9.73. The molecule has 0 amide bonds. The molecule has 0 aliphatic carbocycles. The zero-order valence-electron chi connectivity index (χ0n) is 14.5. The lowest BCUT2D eigenvalue weighted by molar-refractivity contribution is 0.0491. The Morgan fingerprint density at radius 3 is 2.08 bits per heavy atom. The van der Waals surface area contributed by atoms with E-state index in [1.54, 1.807) is 0 Å². The molecular formula is C23H21ClN2. The number of hydrogen-bond acceptors (Lipinski definition) is 2. The fraction of sp³-hybridized carbons (Fsp3) is 0.217. The Morgan fingerprint density at radius 2 is 1.46 bits per heavy atom. The van der Waals surface area contributed by atoms with Crippen LogP contribution in [-0.2, 0) is 5.41 Å². The third-order valence-electron chi connectivity index (χ3n) is 5.78. The molecule has 130 valence electrons. The molecule has 2 nitrogen and oxygen atoms in total. The van der Waals surface area contributed by atoms with Gasteiger partial charge in [-0.15, -0.1) is 0 Å². The van der Waals surface area contributed by atoms with E-state index in [1.165, 1.54) is 22.4 Å². The van der Waals surface area contributed by atoms with Gasteiger partial charge < -0.3 is 5.32 Å². The highest BCUT2D eigenvalue weighted by Crippen LogP contribution is 2.47. The number of hydrogen-bond donors (Lipinski definition) is 1. The molecule has 1 saturated heterocycles. The van der Waals surface area contributed by atoms with Crippen LogP contribution < -0.4 is 5.32 Å². The van der Waals surface area contributed by atoms with Crippen LogP contribution in [0.15, 0.2) is 78.9 Å². The predicted octanol–water partition coefficient (Wildman–Crippen LogP) is 5.11. The second-order valence-electron chi connectivity index (χ2n) is 7.45. The van der Waals surface area contributed by atoms with Gasteiger partial charge in [0.1, 0.15) is 0 Å². The number of fused-ring (bicyclic) bond motifs is 2. The van der Waals surface area contributed by atoms with Gasteiger partial charge >= 0.3 is 0 Å². The van der Waals surface area contributed by atoms with Gasteiger partial charge in [0.2, 0.25) is 0 Å². The molecular weight excluding hydrogens is 340 g/mol. The van der Waals surface area contributed by atoms with Crippen LogP contribution in [0.1, 0.15) is 22.7 Å². The molecule has 0 unspecified atom stereocenters. The lowest BCUT2D eigenvalue weighted by Crippen LogP contribution is -2.61. The minimum absolute atomic E-state index is 0.210. The van der Waals surface area contributed by atoms with Crippen LogP contribution in [0.5, 0.6) is 0 Å². The van der Waals surface area contributed by atoms with Crippen molar-refractivity contribution < 1.29 is 0 Å². The van der Waals surface area contributed by atoms with Crippen molar-refractivity contribution >= 4 is 17.3 Å². The first-order chi connectivity index (χ1) is 12.8. The second kappa shape index (κ2) is 6.15. The Bertz CT molecular complexity index is 878. The molecule has 0 atom stereocenters. The van der Waals surface area contributed by atoms with Crippen LogP contribution in [0.4, 0.5) is 5.69 Å². The molecule has 3 aromatic rings. The Kier molecular flexibility index (Phi) is 3.77. The van der Waals surface area contributed by atoms with E-state index < -0.39 is 0 Å². The normalized spacial score (nSPS) is 17.8. The molecule has 0 radical (unpaired) electrons. The fourth-order valence-corrected chi connectivity index (χ4v) is 4.74. The van der Waals surface area contributed by atoms with E-state index >= 15 is 0 Å². The molecule has 0 bridgehead atoms. The minimum atomic E-state index is 0.210. The maximum absolute atomic E-state index is 6.17. The summed E-state index contributed by atoms with van der Waals surface area (Å²) in [5.41, 5.74) is 5.54. The topological polar surface area (TPSA) is 15.3 Å². The number of halogens is 1. The van der Waals surface area contributed by atoms with Gasteiger partial charge in [-0.1, -0.05) is 78.3 Å². The number of nitrogens with one attached hydrogen (secondary N) is 1. The van der Waals surface area contributed by atoms with Crippen molar-refractivity contribution in [2.45, 2.75) is 11.5 Å². The third kappa shape index (κ3) is 2.53. The van der Waals surface area contributed by atoms with E-state index in [4.69, 9.17) is 11.6 Å². The molecule has 3 aromatic carbocycles. The summed E-state index contributed by atoms with van der Waals surface area (Å²) in [6.45, 7) is 3.11. The molecule has 5 rings (SSSR count). The van der Waals surface area contributed by atoms with E-state index in [0.717, 1.165) is 24.7 Å². The first kappa shape index (κ1) is 15.9. The van der Waals surface area contributed by atoms with Gasteiger partial charge in [-0.3, -0.25) is 4.90 Å². The predicted molar refractivity (Wildman–Crippen MR) is 108 cm³/mol. The number of rotatable bonds is 3. The van der Waals surface area contributed by atoms with Crippen molar-refractivity contribution in [3.05, 3.63) is 101 Å². The number of likely N-dealkylation sites (tertiary alicyclic amines) is 1. The quantitative estimate of drug-likeness (QED) is 0.698. The highest BCUT2D eigenvalue weighted by atomic mass is 35.5. The van der Waals surface area contributed by atoms with E-state index in [-0.39, 0.29) is 5.41 Å². The Labute approximate surface area is 159 Å². The van der Waals surface area contributed by atoms with Gasteiger partial charge in [0.25, 0.3) is 0 Å². The highest BCUT2D eigenvalue weighted by molar-refractivity contribution is 6.30. The van der Waals surface area contributed by atoms with Crippen molar-refractivity contribution in [3.63, 3.8) is 0 Å². The average molecular weight is 361 g/mol. The van der Waals surface area contributed by atoms with Crippen molar-refractivity contribution in [2.24, 2.45) is 0 Å². The molecule has 2 aliphatic rings. The number of nitrogens with zero attached hydrogens (tertiary/aromatic N) is 1. The summed E-state index contributed by atoms with van der Waals surface area (Å²) < 4.78 is 0. The Balaban J connectivity index is 1.47. The summed E-state index contributed by atoms with van der Waals surface area (Å²) in [5, 5.41) is 4.36. The van der Waals surface area contributed by atoms with Crippen molar-refractivity contribution in [1.29, 1.82) is 0 Å². The molecule has 26 heavy (non-hydrogen) atoms. The highest BCUT2D eigenvalue weighted by Gasteiger charge is 2.50. The maximum Gasteiger partial charge on any atom is 0.0602 e. The monoisotopic (exact) mass is 360 g/mol. The van der Waals surface area contributed by atoms with Crippen LogP contribution in [0.2, 0.25) is 5.02 Å². The maximum atomic E-state index is 6.17. The van der Waals surface area contributed by atoms with E-state index in [1.807, 2.05) is 6.07 Å². The average Bonchev–Trinajstić information content (AvgIpc) is 3.02. The zero-order chi connectivity index (χ0) is 17.6. The van der Waals surface area contributed by atoms with Crippen molar-refractivity contribution in [3.8, 4) is 0 Å². The summed E-state index contributed by atoms with van der Waals surface area (Å²) >= 11 is 6.17. The van der Waals surface area contributed by atoms with E-state index in [0.29, 0.717) is 6.04 Å². The minimum Gasteiger partial charge on any atom is -0.384 e. The zero-order valence-corrected chi connectivity index (χ0v) is 15.3. The second-order valence-corrected chi connectivity index (χ2v) is 7.89. The van der Waals surface area contributed by atoms with Gasteiger partial charge in [-0.2, -0.15) is 0 Å². The summed E-state index contributed by atoms with van der Waals surface area (Å²) in [6, 6.07) is 28.3. The Hall–Kier alpha value is -2.29. The summed E-state index contributed by atoms with van der Waals surface area (Å²) in [6.07, 6.45) is 0. The van der Waals surface area contributed by atoms with Gasteiger partial charge in [-0.25, -0.2) is 0 Å². The van der Waals surface area contributed by atoms with Crippen LogP contribution >= 0.6 is 11.6 Å². The lowest BCUT2D eigenvalue weighted by Gasteiger charge is -2.52. The van der Waals surface area contributed by atoms with Gasteiger partial charge in [0.05, 0.1) is 6.04 Å². The molecule has 1 fully saturated rings. The van der Waals surface area contributed by atoms with Gasteiger partial charge in [0.15, 0.2) is 0 Å². The molecule has 3 heteroatoms. The van der Waals surface area contributed by atoms with E-state index in [2.05, 4.69) is 83.0 Å². The molecule has 0 saturated carbocycles. The largest absolute Gasteiger partial charge is 0.384 e. The third-order valence-corrected chi connectivity index (χ3v) is 6.01. The Morgan fingerprint density at radius 1 is 0.846 bits per heavy atom. The van der Waals surface area contributed by atoms with Crippen LogP contribution in [0, 0.1) is 0 Å². The summed E-state index contributed by atoms with van der Waals surface area (Å²) in [4.78, 5) is 2.59. The summed E-state index contributed by atoms with van der Waals surface area (Å²) in [5.74, 6) is 0. The SMILES string of the molecule is Clc1ccc2c(c1)NCC21CN(C(c2ccccc2)c2ccccc2)C1. The van der Waals surface area contributed by atoms with Crippen LogP contribution in [-0.4, -0.2) is 24.5 Å². The molecule has 2 heterocycles. The first-order valence-electron chi connectivity index (χ1n) is 9.13. The fourth-order valence-electron chi connectivity index (χ4n) is 4.57. The number of benzene rings is 3. The molecule has 0 aromatic heterocycles. The summed E-state index contributed by atoms with van der Waals surface area (Å²) in [7, 11) is 0. The smallest absolute Gasteiger partial charge is 0.0602 e. The van der Waals surface area contributed by atoms with Crippen molar-refractivity contribution in [2.75, 3.05) is 25.0 Å². The standard InChI is InChI=1S/C23H21ClN2/c24-19-11-12-20-21(13-19)25-14-23(20)15-26(16-23)22(17-7-3-1-4-8-17)18-9-5-2-6-10-18/h1-13,22,25H,14-16H2. The van der Waals surface area contributed by atoms with Crippen molar-refractivity contribution in [1.82, 2.24) is 4.90 Å². The first-order valence-corrected chi connectivity index (χ1v) is 9.51.